The van der Waals surface area contributed by atoms with E-state index >= 15 is 0 Å². The molecule has 3 aromatic carbocycles. The van der Waals surface area contributed by atoms with Crippen LogP contribution in [-0.4, -0.2) is 12.5 Å². The number of benzene rings is 3. The fraction of sp³-hybridized carbons (Fsp3) is 0.174. The van der Waals surface area contributed by atoms with E-state index in [2.05, 4.69) is 5.32 Å². The predicted octanol–water partition coefficient (Wildman–Crippen LogP) is 6.36. The monoisotopic (exact) mass is 429 g/mol. The molecule has 0 aliphatic heterocycles. The van der Waals surface area contributed by atoms with Crippen molar-refractivity contribution in [2.24, 2.45) is 0 Å². The first-order chi connectivity index (χ1) is 14.1. The maximum Gasteiger partial charge on any atom is 0.255 e. The molecule has 0 heterocycles. The summed E-state index contributed by atoms with van der Waals surface area (Å²) >= 11 is 12.1. The van der Waals surface area contributed by atoms with Crippen molar-refractivity contribution in [1.82, 2.24) is 0 Å². The van der Waals surface area contributed by atoms with Gasteiger partial charge in [-0.15, -0.1) is 0 Å². The Hall–Kier alpha value is -2.53. The molecular weight excluding hydrogens is 409 g/mol. The van der Waals surface area contributed by atoms with Crippen LogP contribution in [0.4, 0.5) is 5.69 Å². The third-order valence-electron chi connectivity index (χ3n) is 4.17. The van der Waals surface area contributed by atoms with Gasteiger partial charge in [-0.05, 0) is 48.9 Å². The molecular formula is C23H21Cl2NO3. The maximum atomic E-state index is 12.7. The summed E-state index contributed by atoms with van der Waals surface area (Å²) in [5, 5.41) is 3.70. The second kappa shape index (κ2) is 10.3. The number of amides is 1. The number of anilines is 1. The van der Waals surface area contributed by atoms with Gasteiger partial charge in [0.1, 0.15) is 5.75 Å². The van der Waals surface area contributed by atoms with E-state index in [1.807, 2.05) is 37.3 Å². The molecule has 1 amide bonds. The Labute approximate surface area is 180 Å². The van der Waals surface area contributed by atoms with Crippen LogP contribution in [0.3, 0.4) is 0 Å². The highest BCUT2D eigenvalue weighted by molar-refractivity contribution is 6.35. The second-order valence-electron chi connectivity index (χ2n) is 6.31. The van der Waals surface area contributed by atoms with Gasteiger partial charge in [0.15, 0.2) is 0 Å². The number of carbonyl (C=O) groups is 1. The van der Waals surface area contributed by atoms with Crippen molar-refractivity contribution in [1.29, 1.82) is 0 Å². The van der Waals surface area contributed by atoms with Gasteiger partial charge in [0.2, 0.25) is 0 Å². The third-order valence-corrected chi connectivity index (χ3v) is 4.73. The van der Waals surface area contributed by atoms with Gasteiger partial charge in [-0.1, -0.05) is 53.5 Å². The lowest BCUT2D eigenvalue weighted by atomic mass is 10.1. The van der Waals surface area contributed by atoms with Crippen molar-refractivity contribution in [2.45, 2.75) is 20.1 Å². The molecule has 3 rings (SSSR count). The molecule has 0 aromatic heterocycles. The summed E-state index contributed by atoms with van der Waals surface area (Å²) in [6, 6.07) is 20.1. The average molecular weight is 430 g/mol. The molecule has 150 valence electrons. The molecule has 0 spiro atoms. The van der Waals surface area contributed by atoms with Gasteiger partial charge < -0.3 is 14.8 Å². The van der Waals surface area contributed by atoms with Gasteiger partial charge in [-0.3, -0.25) is 4.79 Å². The second-order valence-corrected chi connectivity index (χ2v) is 7.16. The van der Waals surface area contributed by atoms with Gasteiger partial charge in [-0.2, -0.15) is 0 Å². The minimum Gasteiger partial charge on any atom is -0.494 e. The van der Waals surface area contributed by atoms with E-state index in [1.165, 1.54) is 0 Å². The molecule has 0 radical (unpaired) electrons. The predicted molar refractivity (Wildman–Crippen MR) is 117 cm³/mol. The molecule has 0 bridgehead atoms. The van der Waals surface area contributed by atoms with Crippen molar-refractivity contribution in [3.63, 3.8) is 0 Å². The first-order valence-electron chi connectivity index (χ1n) is 9.20. The van der Waals surface area contributed by atoms with Crippen molar-refractivity contribution in [3.05, 3.63) is 93.5 Å². The quantitative estimate of drug-likeness (QED) is 0.452. The SMILES string of the molecule is CCOc1ccc(C(=O)Nc2cc(Cl)ccc2Cl)cc1COCc1ccccc1. The Kier molecular flexibility index (Phi) is 7.53. The van der Waals surface area contributed by atoms with E-state index in [4.69, 9.17) is 32.7 Å². The normalized spacial score (nSPS) is 10.6. The van der Waals surface area contributed by atoms with E-state index in [0.717, 1.165) is 11.1 Å². The number of carbonyl (C=O) groups excluding carboxylic acids is 1. The van der Waals surface area contributed by atoms with Gasteiger partial charge in [0.05, 0.1) is 30.5 Å². The Morgan fingerprint density at radius 1 is 0.966 bits per heavy atom. The fourth-order valence-electron chi connectivity index (χ4n) is 2.77. The van der Waals surface area contributed by atoms with Crippen LogP contribution in [0, 0.1) is 0 Å². The van der Waals surface area contributed by atoms with E-state index in [-0.39, 0.29) is 5.91 Å². The molecule has 3 aromatic rings. The van der Waals surface area contributed by atoms with Crippen LogP contribution in [0.25, 0.3) is 0 Å². The van der Waals surface area contributed by atoms with Crippen LogP contribution in [0.2, 0.25) is 10.0 Å². The molecule has 29 heavy (non-hydrogen) atoms. The molecule has 0 saturated heterocycles. The van der Waals surface area contributed by atoms with E-state index in [0.29, 0.717) is 46.9 Å². The molecule has 6 heteroatoms. The molecule has 4 nitrogen and oxygen atoms in total. The lowest BCUT2D eigenvalue weighted by Crippen LogP contribution is -2.13. The number of rotatable bonds is 8. The fourth-order valence-corrected chi connectivity index (χ4v) is 3.11. The molecule has 0 saturated carbocycles. The van der Waals surface area contributed by atoms with Crippen LogP contribution in [0.5, 0.6) is 5.75 Å². The summed E-state index contributed by atoms with van der Waals surface area (Å²) in [4.78, 5) is 12.7. The van der Waals surface area contributed by atoms with Gasteiger partial charge in [0.25, 0.3) is 5.91 Å². The van der Waals surface area contributed by atoms with Gasteiger partial charge >= 0.3 is 0 Å². The zero-order valence-electron chi connectivity index (χ0n) is 16.0. The standard InChI is InChI=1S/C23H21Cl2NO3/c1-2-29-22-11-8-17(23(27)26-21-13-19(24)9-10-20(21)25)12-18(22)15-28-14-16-6-4-3-5-7-16/h3-13H,2,14-15H2,1H3,(H,26,27). The number of halogens is 2. The summed E-state index contributed by atoms with van der Waals surface area (Å²) in [6.07, 6.45) is 0. The highest BCUT2D eigenvalue weighted by atomic mass is 35.5. The number of hydrogen-bond acceptors (Lipinski definition) is 3. The minimum atomic E-state index is -0.290. The Balaban J connectivity index is 1.74. The molecule has 1 N–H and O–H groups in total. The van der Waals surface area contributed by atoms with Gasteiger partial charge in [0, 0.05) is 16.1 Å². The zero-order chi connectivity index (χ0) is 20.6. The third kappa shape index (κ3) is 5.97. The Bertz CT molecular complexity index is 977. The number of hydrogen-bond donors (Lipinski definition) is 1. The number of nitrogens with one attached hydrogen (secondary N) is 1. The van der Waals surface area contributed by atoms with Crippen LogP contribution in [0.1, 0.15) is 28.4 Å². The Morgan fingerprint density at radius 2 is 1.76 bits per heavy atom. The van der Waals surface area contributed by atoms with Gasteiger partial charge in [-0.25, -0.2) is 0 Å². The van der Waals surface area contributed by atoms with Crippen LogP contribution < -0.4 is 10.1 Å². The summed E-state index contributed by atoms with van der Waals surface area (Å²) in [7, 11) is 0. The number of ether oxygens (including phenoxy) is 2. The van der Waals surface area contributed by atoms with Crippen LogP contribution in [-0.2, 0) is 18.0 Å². The van der Waals surface area contributed by atoms with Crippen molar-refractivity contribution in [2.75, 3.05) is 11.9 Å². The summed E-state index contributed by atoms with van der Waals surface area (Å²) < 4.78 is 11.5. The topological polar surface area (TPSA) is 47.6 Å². The van der Waals surface area contributed by atoms with Crippen LogP contribution in [0.15, 0.2) is 66.7 Å². The summed E-state index contributed by atoms with van der Waals surface area (Å²) in [5.41, 5.74) is 2.81. The molecule has 0 aliphatic rings. The highest BCUT2D eigenvalue weighted by Gasteiger charge is 2.13. The maximum absolute atomic E-state index is 12.7. The average Bonchev–Trinajstić information content (AvgIpc) is 2.72. The van der Waals surface area contributed by atoms with Crippen LogP contribution >= 0.6 is 23.2 Å². The van der Waals surface area contributed by atoms with Crippen molar-refractivity contribution < 1.29 is 14.3 Å². The first-order valence-corrected chi connectivity index (χ1v) is 9.96. The summed E-state index contributed by atoms with van der Waals surface area (Å²) in [5.74, 6) is 0.402. The largest absolute Gasteiger partial charge is 0.494 e. The molecule has 0 unspecified atom stereocenters. The Morgan fingerprint density at radius 3 is 2.52 bits per heavy atom. The van der Waals surface area contributed by atoms with E-state index in [9.17, 15) is 4.79 Å². The van der Waals surface area contributed by atoms with Crippen molar-refractivity contribution >= 4 is 34.8 Å². The smallest absolute Gasteiger partial charge is 0.255 e. The van der Waals surface area contributed by atoms with E-state index in [1.54, 1.807) is 36.4 Å². The lowest BCUT2D eigenvalue weighted by molar-refractivity contribution is 0.101. The summed E-state index contributed by atoms with van der Waals surface area (Å²) in [6.45, 7) is 3.23. The van der Waals surface area contributed by atoms with E-state index < -0.39 is 0 Å². The zero-order valence-corrected chi connectivity index (χ0v) is 17.5. The first kappa shape index (κ1) is 21.2. The minimum absolute atomic E-state index is 0.290. The lowest BCUT2D eigenvalue weighted by Gasteiger charge is -2.13. The van der Waals surface area contributed by atoms with Crippen molar-refractivity contribution in [3.8, 4) is 5.75 Å². The highest BCUT2D eigenvalue weighted by Crippen LogP contribution is 2.27. The molecule has 0 fully saturated rings. The molecule has 0 aliphatic carbocycles. The molecule has 0 atom stereocenters.